The molecule has 4 N–H and O–H groups in total. The minimum absolute atomic E-state index is 0.0503. The molecule has 2 saturated carbocycles. The largest absolute Gasteiger partial charge is 0.481 e. The number of hydrogen-bond donors (Lipinski definition) is 4. The van der Waals surface area contributed by atoms with Crippen molar-refractivity contribution in [2.45, 2.75) is 117 Å². The van der Waals surface area contributed by atoms with Crippen molar-refractivity contribution >= 4 is 11.9 Å². The summed E-state index contributed by atoms with van der Waals surface area (Å²) in [5, 5.41) is 39.5. The van der Waals surface area contributed by atoms with Gasteiger partial charge in [0.2, 0.25) is 0 Å². The Kier molecular flexibility index (Phi) is 10.2. The van der Waals surface area contributed by atoms with E-state index in [4.69, 9.17) is 9.84 Å². The maximum Gasteiger partial charge on any atom is 0.311 e. The van der Waals surface area contributed by atoms with Crippen LogP contribution >= 0.6 is 0 Å². The molecule has 0 spiro atoms. The molecule has 0 heterocycles. The minimum atomic E-state index is -1.08. The summed E-state index contributed by atoms with van der Waals surface area (Å²) < 4.78 is 6.17. The molecule has 2 aliphatic carbocycles. The van der Waals surface area contributed by atoms with Crippen LogP contribution in [0.2, 0.25) is 0 Å². The highest BCUT2D eigenvalue weighted by atomic mass is 16.5. The lowest BCUT2D eigenvalue weighted by Crippen LogP contribution is -2.50. The number of fused-ring (bicyclic) bond motifs is 1. The lowest BCUT2D eigenvalue weighted by atomic mass is 9.57. The van der Waals surface area contributed by atoms with Crippen molar-refractivity contribution in [1.29, 1.82) is 0 Å². The van der Waals surface area contributed by atoms with Gasteiger partial charge in [-0.25, -0.2) is 0 Å². The Morgan fingerprint density at radius 1 is 1.09 bits per heavy atom. The predicted octanol–water partition coefficient (Wildman–Crippen LogP) is 3.77. The SMILES string of the molecule is CCC(C)(C)C(=O)O[C@H]1C[C@@H](C(C)O)C[C@@H]2CC[C@H](C)[C@H](CC[C@@H](O)C[C@@H](O)CC(=O)O)[C@@H]21. The average molecular weight is 471 g/mol. The van der Waals surface area contributed by atoms with Gasteiger partial charge in [0.1, 0.15) is 6.10 Å². The van der Waals surface area contributed by atoms with Gasteiger partial charge in [0.15, 0.2) is 0 Å². The number of hydrogen-bond acceptors (Lipinski definition) is 6. The monoisotopic (exact) mass is 470 g/mol. The van der Waals surface area contributed by atoms with E-state index in [1.54, 1.807) is 0 Å². The van der Waals surface area contributed by atoms with Gasteiger partial charge in [-0.3, -0.25) is 9.59 Å². The Labute approximate surface area is 198 Å². The van der Waals surface area contributed by atoms with E-state index < -0.39 is 29.7 Å². The summed E-state index contributed by atoms with van der Waals surface area (Å²) >= 11 is 0. The Morgan fingerprint density at radius 2 is 1.76 bits per heavy atom. The van der Waals surface area contributed by atoms with Crippen molar-refractivity contribution in [2.24, 2.45) is 35.0 Å². The first-order valence-electron chi connectivity index (χ1n) is 12.8. The zero-order valence-electron chi connectivity index (χ0n) is 21.1. The summed E-state index contributed by atoms with van der Waals surface area (Å²) in [7, 11) is 0. The molecule has 9 atom stereocenters. The van der Waals surface area contributed by atoms with Gasteiger partial charge in [0.05, 0.1) is 30.1 Å². The summed E-state index contributed by atoms with van der Waals surface area (Å²) in [4.78, 5) is 23.8. The van der Waals surface area contributed by atoms with Crippen LogP contribution in [-0.2, 0) is 14.3 Å². The smallest absolute Gasteiger partial charge is 0.311 e. The van der Waals surface area contributed by atoms with Crippen molar-refractivity contribution in [2.75, 3.05) is 0 Å². The summed E-state index contributed by atoms with van der Waals surface area (Å²) in [5.74, 6) is 0.105. The molecule has 7 nitrogen and oxygen atoms in total. The molecular formula is C26H46O7. The van der Waals surface area contributed by atoms with E-state index in [1.807, 2.05) is 27.7 Å². The first-order chi connectivity index (χ1) is 15.4. The number of aliphatic hydroxyl groups excluding tert-OH is 3. The Bertz CT molecular complexity index is 647. The highest BCUT2D eigenvalue weighted by Crippen LogP contribution is 2.51. The van der Waals surface area contributed by atoms with Gasteiger partial charge >= 0.3 is 11.9 Å². The average Bonchev–Trinajstić information content (AvgIpc) is 2.72. The third-order valence-electron chi connectivity index (χ3n) is 8.50. The topological polar surface area (TPSA) is 124 Å². The molecule has 2 aliphatic rings. The fourth-order valence-electron chi connectivity index (χ4n) is 5.95. The van der Waals surface area contributed by atoms with Crippen molar-refractivity contribution in [3.63, 3.8) is 0 Å². The summed E-state index contributed by atoms with van der Waals surface area (Å²) in [6.45, 7) is 9.84. The molecule has 0 saturated heterocycles. The van der Waals surface area contributed by atoms with Gasteiger partial charge < -0.3 is 25.2 Å². The number of carboxylic acid groups (broad SMARTS) is 1. The molecule has 33 heavy (non-hydrogen) atoms. The van der Waals surface area contributed by atoms with Crippen LogP contribution in [-0.4, -0.2) is 56.8 Å². The highest BCUT2D eigenvalue weighted by Gasteiger charge is 2.49. The summed E-state index contributed by atoms with van der Waals surface area (Å²) in [5.41, 5.74) is -0.556. The molecule has 0 radical (unpaired) electrons. The van der Waals surface area contributed by atoms with Crippen LogP contribution in [0.5, 0.6) is 0 Å². The number of aliphatic hydroxyl groups is 3. The molecule has 7 heteroatoms. The molecule has 1 unspecified atom stereocenters. The standard InChI is InChI=1S/C26H46O7/c1-6-26(4,5)25(32)33-22-12-18(16(3)27)11-17-8-7-15(2)21(24(17)22)10-9-19(28)13-20(29)14-23(30)31/h15-22,24,27-29H,6-14H2,1-5H3,(H,30,31)/t15-,16?,17-,18-,19+,20+,21-,22-,24+/m0/s1. The Balaban J connectivity index is 2.15. The highest BCUT2D eigenvalue weighted by molar-refractivity contribution is 5.76. The second kappa shape index (κ2) is 12.0. The van der Waals surface area contributed by atoms with Gasteiger partial charge in [-0.1, -0.05) is 20.3 Å². The number of rotatable bonds is 11. The Morgan fingerprint density at radius 3 is 2.33 bits per heavy atom. The maximum atomic E-state index is 13.0. The molecule has 0 bridgehead atoms. The second-order valence-electron chi connectivity index (χ2n) is 11.4. The van der Waals surface area contributed by atoms with Crippen molar-refractivity contribution in [3.05, 3.63) is 0 Å². The van der Waals surface area contributed by atoms with E-state index >= 15 is 0 Å². The number of carbonyl (C=O) groups excluding carboxylic acids is 1. The van der Waals surface area contributed by atoms with Crippen LogP contribution in [0.15, 0.2) is 0 Å². The summed E-state index contributed by atoms with van der Waals surface area (Å²) in [6.07, 6.45) is 2.80. The van der Waals surface area contributed by atoms with Crippen LogP contribution in [0.3, 0.4) is 0 Å². The molecule has 2 rings (SSSR count). The van der Waals surface area contributed by atoms with Crippen LogP contribution in [0.1, 0.15) is 92.4 Å². The number of carbonyl (C=O) groups is 2. The maximum absolute atomic E-state index is 13.0. The second-order valence-corrected chi connectivity index (χ2v) is 11.4. The van der Waals surface area contributed by atoms with Crippen LogP contribution in [0, 0.1) is 35.0 Å². The molecule has 0 aromatic rings. The molecular weight excluding hydrogens is 424 g/mol. The van der Waals surface area contributed by atoms with E-state index in [0.717, 1.165) is 25.7 Å². The number of carboxylic acids is 1. The third kappa shape index (κ3) is 7.66. The van der Waals surface area contributed by atoms with Crippen molar-refractivity contribution < 1.29 is 34.8 Å². The van der Waals surface area contributed by atoms with E-state index in [9.17, 15) is 24.9 Å². The molecule has 0 aromatic heterocycles. The van der Waals surface area contributed by atoms with Crippen molar-refractivity contribution in [3.8, 4) is 0 Å². The first-order valence-corrected chi connectivity index (χ1v) is 12.8. The van der Waals surface area contributed by atoms with E-state index in [1.165, 1.54) is 0 Å². The van der Waals surface area contributed by atoms with Gasteiger partial charge in [-0.05, 0) is 89.4 Å². The zero-order valence-corrected chi connectivity index (χ0v) is 21.1. The van der Waals surface area contributed by atoms with Crippen LogP contribution < -0.4 is 0 Å². The third-order valence-corrected chi connectivity index (χ3v) is 8.50. The van der Waals surface area contributed by atoms with E-state index in [2.05, 4.69) is 6.92 Å². The van der Waals surface area contributed by atoms with E-state index in [0.29, 0.717) is 31.1 Å². The lowest BCUT2D eigenvalue weighted by Gasteiger charge is -2.51. The fourth-order valence-corrected chi connectivity index (χ4v) is 5.95. The molecule has 0 aromatic carbocycles. The molecule has 192 valence electrons. The quantitative estimate of drug-likeness (QED) is 0.339. The minimum Gasteiger partial charge on any atom is -0.481 e. The van der Waals surface area contributed by atoms with Gasteiger partial charge in [-0.2, -0.15) is 0 Å². The molecule has 0 amide bonds. The van der Waals surface area contributed by atoms with E-state index in [-0.39, 0.29) is 42.7 Å². The number of ether oxygens (including phenoxy) is 1. The van der Waals surface area contributed by atoms with Gasteiger partial charge in [0.25, 0.3) is 0 Å². The Hall–Kier alpha value is -1.18. The van der Waals surface area contributed by atoms with Gasteiger partial charge in [0, 0.05) is 5.92 Å². The zero-order chi connectivity index (χ0) is 24.9. The lowest BCUT2D eigenvalue weighted by molar-refractivity contribution is -0.175. The molecule has 0 aliphatic heterocycles. The van der Waals surface area contributed by atoms with Gasteiger partial charge in [-0.15, -0.1) is 0 Å². The fraction of sp³-hybridized carbons (Fsp3) is 0.923. The normalized spacial score (nSPS) is 33.0. The predicted molar refractivity (Wildman–Crippen MR) is 125 cm³/mol. The number of esters is 1. The van der Waals surface area contributed by atoms with Crippen LogP contribution in [0.25, 0.3) is 0 Å². The summed E-state index contributed by atoms with van der Waals surface area (Å²) in [6, 6.07) is 0. The van der Waals surface area contributed by atoms with Crippen molar-refractivity contribution in [1.82, 2.24) is 0 Å². The number of aliphatic carboxylic acids is 1. The molecule has 2 fully saturated rings. The first kappa shape index (κ1) is 28.1. The van der Waals surface area contributed by atoms with Crippen LogP contribution in [0.4, 0.5) is 0 Å².